The Hall–Kier alpha value is -1.55. The Labute approximate surface area is 123 Å². The Kier molecular flexibility index (Phi) is 5.01. The summed E-state index contributed by atoms with van der Waals surface area (Å²) in [5.74, 6) is -1.05. The van der Waals surface area contributed by atoms with Gasteiger partial charge in [0.2, 0.25) is 10.5 Å². The highest BCUT2D eigenvalue weighted by molar-refractivity contribution is 7.99. The van der Waals surface area contributed by atoms with Crippen molar-refractivity contribution in [2.24, 2.45) is 0 Å². The third kappa shape index (κ3) is 3.31. The molecule has 1 heterocycles. The van der Waals surface area contributed by atoms with E-state index in [1.807, 2.05) is 18.2 Å². The molecule has 20 heavy (non-hydrogen) atoms. The first-order valence-corrected chi connectivity index (χ1v) is 7.88. The molecule has 1 N–H and O–H groups in total. The largest absolute Gasteiger partial charge is 0.549 e. The average molecular weight is 289 g/mol. The molecule has 2 aromatic rings. The minimum Gasteiger partial charge on any atom is -0.549 e. The average Bonchev–Trinajstić information content (AvgIpc) is 2.44. The molecule has 0 aliphatic carbocycles. The van der Waals surface area contributed by atoms with E-state index in [1.54, 1.807) is 0 Å². The van der Waals surface area contributed by atoms with Gasteiger partial charge in [-0.25, -0.2) is 0 Å². The molecule has 0 saturated carbocycles. The molecule has 0 fully saturated rings. The number of carbonyl (C=O) groups is 1. The Bertz CT molecular complexity index is 625. The zero-order valence-electron chi connectivity index (χ0n) is 11.9. The number of hydrogen-bond acceptors (Lipinski definition) is 3. The summed E-state index contributed by atoms with van der Waals surface area (Å²) < 4.78 is 0. The van der Waals surface area contributed by atoms with Gasteiger partial charge in [0.15, 0.2) is 0 Å². The second-order valence-electron chi connectivity index (χ2n) is 4.87. The highest BCUT2D eigenvalue weighted by atomic mass is 32.2. The lowest BCUT2D eigenvalue weighted by Crippen LogP contribution is -2.25. The Balaban J connectivity index is 2.47. The molecule has 1 aromatic carbocycles. The number of aromatic amines is 1. The van der Waals surface area contributed by atoms with Gasteiger partial charge in [-0.3, -0.25) is 0 Å². The topological polar surface area (TPSA) is 54.3 Å². The molecule has 0 amide bonds. The number of benzene rings is 1. The van der Waals surface area contributed by atoms with E-state index in [9.17, 15) is 9.90 Å². The summed E-state index contributed by atoms with van der Waals surface area (Å²) in [7, 11) is 0. The van der Waals surface area contributed by atoms with Crippen LogP contribution in [0.15, 0.2) is 29.3 Å². The van der Waals surface area contributed by atoms with Gasteiger partial charge in [-0.2, -0.15) is 4.98 Å². The molecule has 0 radical (unpaired) electrons. The number of hydrogen-bond donors (Lipinski definition) is 0. The van der Waals surface area contributed by atoms with Gasteiger partial charge in [0.05, 0.1) is 5.97 Å². The third-order valence-electron chi connectivity index (χ3n) is 3.42. The highest BCUT2D eigenvalue weighted by Crippen LogP contribution is 2.27. The Morgan fingerprint density at radius 1 is 1.35 bits per heavy atom. The van der Waals surface area contributed by atoms with Crippen LogP contribution >= 0.6 is 11.8 Å². The number of carboxylic acids is 1. The summed E-state index contributed by atoms with van der Waals surface area (Å²) in [6.45, 7) is 4.28. The van der Waals surface area contributed by atoms with Crippen molar-refractivity contribution in [3.05, 3.63) is 35.4 Å². The zero-order valence-corrected chi connectivity index (χ0v) is 12.7. The smallest absolute Gasteiger partial charge is 0.242 e. The van der Waals surface area contributed by atoms with Gasteiger partial charge >= 0.3 is 0 Å². The van der Waals surface area contributed by atoms with Crippen LogP contribution in [0.5, 0.6) is 0 Å². The van der Waals surface area contributed by atoms with E-state index in [-0.39, 0.29) is 5.75 Å². The van der Waals surface area contributed by atoms with Crippen LogP contribution in [0, 0.1) is 6.92 Å². The lowest BCUT2D eigenvalue weighted by atomic mass is 10.0. The first-order chi connectivity index (χ1) is 9.63. The molecule has 2 rings (SSSR count). The number of nitrogens with one attached hydrogen (secondary N) is 1. The molecule has 0 aliphatic heterocycles. The maximum Gasteiger partial charge on any atom is 0.242 e. The molecule has 1 aromatic heterocycles. The normalized spacial score (nSPS) is 10.9. The molecule has 0 saturated heterocycles. The van der Waals surface area contributed by atoms with E-state index >= 15 is 0 Å². The molecule has 0 spiro atoms. The molecule has 0 atom stereocenters. The van der Waals surface area contributed by atoms with Crippen LogP contribution in [0.3, 0.4) is 0 Å². The van der Waals surface area contributed by atoms with Crippen molar-refractivity contribution in [1.29, 1.82) is 0 Å². The molecule has 106 valence electrons. The Morgan fingerprint density at radius 3 is 2.80 bits per heavy atom. The van der Waals surface area contributed by atoms with E-state index in [1.165, 1.54) is 28.3 Å². The maximum absolute atomic E-state index is 10.7. The van der Waals surface area contributed by atoms with Crippen LogP contribution in [0.1, 0.15) is 30.9 Å². The Morgan fingerprint density at radius 2 is 2.10 bits per heavy atom. The van der Waals surface area contributed by atoms with Gasteiger partial charge in [-0.1, -0.05) is 37.2 Å². The van der Waals surface area contributed by atoms with Crippen molar-refractivity contribution in [3.63, 3.8) is 0 Å². The SMILES string of the molecule is CCCCc1c(SCC(=O)[O-])[nH+]c2ccccc2c1C. The molecule has 0 aliphatic rings. The number of H-pyrrole nitrogens is 1. The van der Waals surface area contributed by atoms with Gasteiger partial charge in [0.1, 0.15) is 0 Å². The van der Waals surface area contributed by atoms with Crippen LogP contribution in [0.2, 0.25) is 0 Å². The summed E-state index contributed by atoms with van der Waals surface area (Å²) >= 11 is 1.32. The molecular weight excluding hydrogens is 270 g/mol. The summed E-state index contributed by atoms with van der Waals surface area (Å²) in [4.78, 5) is 14.1. The minimum atomic E-state index is -1.03. The van der Waals surface area contributed by atoms with E-state index in [0.29, 0.717) is 0 Å². The summed E-state index contributed by atoms with van der Waals surface area (Å²) in [5.41, 5.74) is 3.52. The fraction of sp³-hybridized carbons (Fsp3) is 0.375. The van der Waals surface area contributed by atoms with Crippen LogP contribution in [-0.2, 0) is 11.2 Å². The number of carbonyl (C=O) groups excluding carboxylic acids is 1. The van der Waals surface area contributed by atoms with Crippen LogP contribution in [0.25, 0.3) is 10.9 Å². The van der Waals surface area contributed by atoms with Gasteiger partial charge in [0, 0.05) is 22.8 Å². The van der Waals surface area contributed by atoms with Crippen molar-refractivity contribution < 1.29 is 14.9 Å². The van der Waals surface area contributed by atoms with Gasteiger partial charge < -0.3 is 9.90 Å². The molecular formula is C16H19NO2S. The van der Waals surface area contributed by atoms with Crippen molar-refractivity contribution in [2.75, 3.05) is 5.75 Å². The van der Waals surface area contributed by atoms with Crippen LogP contribution < -0.4 is 10.1 Å². The lowest BCUT2D eigenvalue weighted by molar-refractivity contribution is -0.396. The van der Waals surface area contributed by atoms with Crippen LogP contribution in [0.4, 0.5) is 0 Å². The van der Waals surface area contributed by atoms with E-state index < -0.39 is 5.97 Å². The van der Waals surface area contributed by atoms with E-state index in [2.05, 4.69) is 24.9 Å². The molecule has 4 heteroatoms. The lowest BCUT2D eigenvalue weighted by Gasteiger charge is -2.10. The number of para-hydroxylation sites is 1. The van der Waals surface area contributed by atoms with Gasteiger partial charge in [0.25, 0.3) is 0 Å². The number of pyridine rings is 1. The predicted molar refractivity (Wildman–Crippen MR) is 79.6 cm³/mol. The van der Waals surface area contributed by atoms with Crippen molar-refractivity contribution in [3.8, 4) is 0 Å². The number of carboxylic acid groups (broad SMARTS) is 1. The number of unbranched alkanes of at least 4 members (excludes halogenated alkanes) is 1. The first-order valence-electron chi connectivity index (χ1n) is 6.89. The highest BCUT2D eigenvalue weighted by Gasteiger charge is 2.17. The number of rotatable bonds is 6. The third-order valence-corrected chi connectivity index (χ3v) is 4.44. The monoisotopic (exact) mass is 289 g/mol. The number of thioether (sulfide) groups is 1. The number of fused-ring (bicyclic) bond motifs is 1. The van der Waals surface area contributed by atoms with Gasteiger partial charge in [-0.15, -0.1) is 0 Å². The quantitative estimate of drug-likeness (QED) is 0.766. The fourth-order valence-electron chi connectivity index (χ4n) is 2.36. The number of aliphatic carboxylic acids is 1. The van der Waals surface area contributed by atoms with Crippen LogP contribution in [-0.4, -0.2) is 11.7 Å². The maximum atomic E-state index is 10.7. The van der Waals surface area contributed by atoms with Gasteiger partial charge in [-0.05, 0) is 31.4 Å². The van der Waals surface area contributed by atoms with E-state index in [4.69, 9.17) is 0 Å². The number of aromatic nitrogens is 1. The predicted octanol–water partition coefficient (Wildman–Crippen LogP) is 2.15. The molecule has 0 unspecified atom stereocenters. The molecule has 0 bridgehead atoms. The minimum absolute atomic E-state index is 0.0204. The molecule has 3 nitrogen and oxygen atoms in total. The van der Waals surface area contributed by atoms with E-state index in [0.717, 1.165) is 29.8 Å². The van der Waals surface area contributed by atoms with Crippen molar-refractivity contribution >= 4 is 28.6 Å². The van der Waals surface area contributed by atoms with Crippen molar-refractivity contribution in [1.82, 2.24) is 0 Å². The van der Waals surface area contributed by atoms with Crippen molar-refractivity contribution in [2.45, 2.75) is 38.1 Å². The summed E-state index contributed by atoms with van der Waals surface area (Å²) in [5, 5.41) is 12.9. The summed E-state index contributed by atoms with van der Waals surface area (Å²) in [6.07, 6.45) is 3.20. The summed E-state index contributed by atoms with van der Waals surface area (Å²) in [6, 6.07) is 8.14. The zero-order chi connectivity index (χ0) is 14.5. The first kappa shape index (κ1) is 14.9. The standard InChI is InChI=1S/C16H19NO2S/c1-3-4-7-13-11(2)12-8-5-6-9-14(12)17-16(13)20-10-15(18)19/h5-6,8-9H,3-4,7,10H2,1-2H3,(H,18,19). The second kappa shape index (κ2) is 6.75. The second-order valence-corrected chi connectivity index (χ2v) is 5.85. The fourth-order valence-corrected chi connectivity index (χ4v) is 3.23. The number of aryl methyl sites for hydroxylation is 1.